The number of carboxylic acid groups (broad SMARTS) is 1. The number of carbonyl (C=O) groups excluding carboxylic acids is 3. The lowest BCUT2D eigenvalue weighted by molar-refractivity contribution is -0.140. The van der Waals surface area contributed by atoms with Crippen LogP contribution in [0, 0.1) is 0 Å². The van der Waals surface area contributed by atoms with Gasteiger partial charge in [0.25, 0.3) is 0 Å². The van der Waals surface area contributed by atoms with E-state index in [4.69, 9.17) is 26.0 Å². The molecule has 0 aliphatic heterocycles. The number of thiol groups is 1. The third kappa shape index (κ3) is 14.7. The zero-order valence-electron chi connectivity index (χ0n) is 16.2. The average Bonchev–Trinajstić information content (AvgIpc) is 2.68. The molecule has 0 radical (unpaired) electrons. The molecule has 3 amide bonds. The summed E-state index contributed by atoms with van der Waals surface area (Å²) in [7, 11) is 0. The SMILES string of the molecule is NCCOCCOCCC(=O)NC[C@H](N)C(=O)N[C@@H](CC(=O)O)C(=O)NCCS. The predicted molar refractivity (Wildman–Crippen MR) is 107 cm³/mol. The normalized spacial score (nSPS) is 12.7. The minimum Gasteiger partial charge on any atom is -0.481 e. The van der Waals surface area contributed by atoms with Gasteiger partial charge in [0.1, 0.15) is 12.1 Å². The lowest BCUT2D eigenvalue weighted by Gasteiger charge is -2.19. The van der Waals surface area contributed by atoms with E-state index in [-0.39, 0.29) is 32.0 Å². The summed E-state index contributed by atoms with van der Waals surface area (Å²) >= 11 is 3.93. The summed E-state index contributed by atoms with van der Waals surface area (Å²) in [6.45, 7) is 1.78. The fourth-order valence-corrected chi connectivity index (χ4v) is 2.05. The topological polar surface area (TPSA) is 195 Å². The summed E-state index contributed by atoms with van der Waals surface area (Å²) in [6, 6.07) is -2.44. The van der Waals surface area contributed by atoms with E-state index in [1.807, 2.05) is 0 Å². The number of amides is 3. The molecule has 13 heteroatoms. The molecule has 0 spiro atoms. The average molecular weight is 438 g/mol. The maximum Gasteiger partial charge on any atom is 0.305 e. The van der Waals surface area contributed by atoms with Crippen LogP contribution in [0.1, 0.15) is 12.8 Å². The molecule has 0 saturated heterocycles. The molecule has 0 aliphatic carbocycles. The maximum absolute atomic E-state index is 12.1. The van der Waals surface area contributed by atoms with Gasteiger partial charge in [0.05, 0.1) is 32.8 Å². The molecule has 0 aromatic rings. The van der Waals surface area contributed by atoms with Crippen molar-refractivity contribution in [3.05, 3.63) is 0 Å². The Kier molecular flexibility index (Phi) is 15.8. The lowest BCUT2D eigenvalue weighted by atomic mass is 10.1. The first-order valence-corrected chi connectivity index (χ1v) is 9.73. The van der Waals surface area contributed by atoms with Gasteiger partial charge in [-0.1, -0.05) is 0 Å². The first-order chi connectivity index (χ1) is 13.8. The van der Waals surface area contributed by atoms with Crippen LogP contribution in [-0.2, 0) is 28.7 Å². The number of aliphatic carboxylic acids is 1. The molecule has 0 saturated carbocycles. The Morgan fingerprint density at radius 3 is 2.24 bits per heavy atom. The van der Waals surface area contributed by atoms with Gasteiger partial charge in [-0.3, -0.25) is 19.2 Å². The van der Waals surface area contributed by atoms with Crippen molar-refractivity contribution >= 4 is 36.3 Å². The van der Waals surface area contributed by atoms with Crippen LogP contribution >= 0.6 is 12.6 Å². The highest BCUT2D eigenvalue weighted by Crippen LogP contribution is 1.95. The third-order valence-electron chi connectivity index (χ3n) is 3.39. The van der Waals surface area contributed by atoms with Gasteiger partial charge in [-0.25, -0.2) is 0 Å². The molecule has 0 rings (SSSR count). The summed E-state index contributed by atoms with van der Waals surface area (Å²) in [4.78, 5) is 46.6. The Bertz CT molecular complexity index is 524. The van der Waals surface area contributed by atoms with E-state index < -0.39 is 36.3 Å². The van der Waals surface area contributed by atoms with Crippen LogP contribution in [0.2, 0.25) is 0 Å². The summed E-state index contributed by atoms with van der Waals surface area (Å²) in [5.74, 6) is -2.68. The largest absolute Gasteiger partial charge is 0.481 e. The van der Waals surface area contributed by atoms with Crippen LogP contribution in [0.4, 0.5) is 0 Å². The third-order valence-corrected chi connectivity index (χ3v) is 3.61. The Morgan fingerprint density at radius 2 is 1.66 bits per heavy atom. The summed E-state index contributed by atoms with van der Waals surface area (Å²) < 4.78 is 10.3. The minimum absolute atomic E-state index is 0.0685. The van der Waals surface area contributed by atoms with Crippen molar-refractivity contribution in [2.75, 3.05) is 51.8 Å². The molecule has 0 aromatic heterocycles. The number of ether oxygens (including phenoxy) is 2. The zero-order chi connectivity index (χ0) is 22.1. The summed E-state index contributed by atoms with van der Waals surface area (Å²) in [5, 5.41) is 16.1. The zero-order valence-corrected chi connectivity index (χ0v) is 17.1. The molecule has 0 heterocycles. The van der Waals surface area contributed by atoms with Crippen molar-refractivity contribution in [2.24, 2.45) is 11.5 Å². The fourth-order valence-electron chi connectivity index (χ4n) is 1.94. The molecule has 0 aromatic carbocycles. The van der Waals surface area contributed by atoms with Crippen LogP contribution in [0.15, 0.2) is 0 Å². The van der Waals surface area contributed by atoms with Gasteiger partial charge in [0.15, 0.2) is 0 Å². The number of carboxylic acids is 1. The highest BCUT2D eigenvalue weighted by atomic mass is 32.1. The van der Waals surface area contributed by atoms with Gasteiger partial charge in [0, 0.05) is 31.8 Å². The van der Waals surface area contributed by atoms with E-state index in [1.165, 1.54) is 0 Å². The van der Waals surface area contributed by atoms with Crippen molar-refractivity contribution in [1.29, 1.82) is 0 Å². The van der Waals surface area contributed by atoms with Crippen LogP contribution in [0.3, 0.4) is 0 Å². The van der Waals surface area contributed by atoms with E-state index in [1.54, 1.807) is 0 Å². The molecular formula is C16H31N5O7S. The predicted octanol–water partition coefficient (Wildman–Crippen LogP) is -3.18. The minimum atomic E-state index is -1.28. The highest BCUT2D eigenvalue weighted by molar-refractivity contribution is 7.80. The quantitative estimate of drug-likeness (QED) is 0.0906. The van der Waals surface area contributed by atoms with Gasteiger partial charge in [0.2, 0.25) is 17.7 Å². The van der Waals surface area contributed by atoms with Crippen molar-refractivity contribution in [3.8, 4) is 0 Å². The number of nitrogens with two attached hydrogens (primary N) is 2. The standard InChI is InChI=1S/C16H31N5O7S/c17-2-5-28-7-6-27-4-1-13(22)20-10-11(18)15(25)21-12(9-14(23)24)16(26)19-3-8-29/h11-12,29H,1-10,17-18H2,(H,19,26)(H,20,22)(H,21,25)(H,23,24)/t11-,12-/m0/s1. The van der Waals surface area contributed by atoms with Crippen molar-refractivity contribution < 1.29 is 33.8 Å². The van der Waals surface area contributed by atoms with Gasteiger partial charge in [-0.15, -0.1) is 0 Å². The first-order valence-electron chi connectivity index (χ1n) is 9.10. The second kappa shape index (κ2) is 17.0. The monoisotopic (exact) mass is 437 g/mol. The highest BCUT2D eigenvalue weighted by Gasteiger charge is 2.26. The Hall–Kier alpha value is -1.93. The molecular weight excluding hydrogens is 406 g/mol. The molecule has 12 nitrogen and oxygen atoms in total. The fraction of sp³-hybridized carbons (Fsp3) is 0.750. The molecule has 0 aliphatic rings. The second-order valence-electron chi connectivity index (χ2n) is 5.85. The summed E-state index contributed by atoms with van der Waals surface area (Å²) in [6.07, 6.45) is -0.533. The molecule has 29 heavy (non-hydrogen) atoms. The molecule has 0 unspecified atom stereocenters. The van der Waals surface area contributed by atoms with Gasteiger partial charge >= 0.3 is 5.97 Å². The second-order valence-corrected chi connectivity index (χ2v) is 6.29. The van der Waals surface area contributed by atoms with Crippen molar-refractivity contribution in [2.45, 2.75) is 24.9 Å². The number of carbonyl (C=O) groups is 4. The van der Waals surface area contributed by atoms with E-state index in [2.05, 4.69) is 28.6 Å². The van der Waals surface area contributed by atoms with E-state index in [0.29, 0.717) is 32.1 Å². The Morgan fingerprint density at radius 1 is 1.00 bits per heavy atom. The van der Waals surface area contributed by atoms with Gasteiger partial charge in [-0.05, 0) is 0 Å². The van der Waals surface area contributed by atoms with Crippen molar-refractivity contribution in [1.82, 2.24) is 16.0 Å². The van der Waals surface area contributed by atoms with Gasteiger partial charge < -0.3 is 42.0 Å². The van der Waals surface area contributed by atoms with E-state index in [0.717, 1.165) is 0 Å². The van der Waals surface area contributed by atoms with E-state index in [9.17, 15) is 19.2 Å². The molecule has 168 valence electrons. The number of rotatable bonds is 17. The molecule has 2 atom stereocenters. The van der Waals surface area contributed by atoms with Crippen LogP contribution in [0.25, 0.3) is 0 Å². The number of hydrogen-bond donors (Lipinski definition) is 7. The summed E-state index contributed by atoms with van der Waals surface area (Å²) in [5.41, 5.74) is 11.0. The van der Waals surface area contributed by atoms with Crippen molar-refractivity contribution in [3.63, 3.8) is 0 Å². The number of nitrogens with one attached hydrogen (secondary N) is 3. The lowest BCUT2D eigenvalue weighted by Crippen LogP contribution is -2.55. The Labute approximate surface area is 174 Å². The molecule has 8 N–H and O–H groups in total. The van der Waals surface area contributed by atoms with E-state index >= 15 is 0 Å². The smallest absolute Gasteiger partial charge is 0.305 e. The molecule has 0 bridgehead atoms. The molecule has 0 fully saturated rings. The van der Waals surface area contributed by atoms with Crippen LogP contribution in [0.5, 0.6) is 0 Å². The Balaban J connectivity index is 4.20. The maximum atomic E-state index is 12.1. The van der Waals surface area contributed by atoms with Crippen LogP contribution < -0.4 is 27.4 Å². The van der Waals surface area contributed by atoms with Gasteiger partial charge in [-0.2, -0.15) is 12.6 Å². The first kappa shape index (κ1) is 27.1. The number of hydrogen-bond acceptors (Lipinski definition) is 9. The van der Waals surface area contributed by atoms with Crippen LogP contribution in [-0.4, -0.2) is 92.7 Å².